The highest BCUT2D eigenvalue weighted by atomic mass is 35.5. The summed E-state index contributed by atoms with van der Waals surface area (Å²) in [5.74, 6) is 0.180. The number of aromatic nitrogens is 4. The van der Waals surface area contributed by atoms with Crippen molar-refractivity contribution in [1.29, 1.82) is 0 Å². The normalized spacial score (nSPS) is 11.0. The molecule has 26 heavy (non-hydrogen) atoms. The van der Waals surface area contributed by atoms with Crippen LogP contribution in [0.2, 0.25) is 10.0 Å². The number of rotatable bonds is 2. The van der Waals surface area contributed by atoms with Crippen molar-refractivity contribution in [2.45, 2.75) is 0 Å². The second-order valence-electron chi connectivity index (χ2n) is 5.52. The van der Waals surface area contributed by atoms with Crippen LogP contribution < -0.4 is 11.5 Å². The first kappa shape index (κ1) is 16.5. The van der Waals surface area contributed by atoms with Gasteiger partial charge in [-0.2, -0.15) is 9.97 Å². The average molecular weight is 383 g/mol. The van der Waals surface area contributed by atoms with Gasteiger partial charge in [-0.15, -0.1) is 0 Å². The van der Waals surface area contributed by atoms with Crippen molar-refractivity contribution >= 4 is 46.1 Å². The van der Waals surface area contributed by atoms with Gasteiger partial charge in [-0.3, -0.25) is 0 Å². The predicted molar refractivity (Wildman–Crippen MR) is 105 cm³/mol. The Hall–Kier alpha value is -2.96. The van der Waals surface area contributed by atoms with Gasteiger partial charge in [0.25, 0.3) is 0 Å². The monoisotopic (exact) mass is 382 g/mol. The van der Waals surface area contributed by atoms with E-state index in [0.29, 0.717) is 43.7 Å². The topological polar surface area (TPSA) is 104 Å². The fourth-order valence-electron chi connectivity index (χ4n) is 2.67. The smallest absolute Gasteiger partial charge is 0.224 e. The summed E-state index contributed by atoms with van der Waals surface area (Å²) in [6.07, 6.45) is 0. The Morgan fingerprint density at radius 1 is 0.654 bits per heavy atom. The minimum Gasteiger partial charge on any atom is -0.382 e. The first-order valence-corrected chi connectivity index (χ1v) is 8.40. The number of anilines is 2. The molecule has 0 saturated heterocycles. The standard InChI is InChI=1S/C18H12Cl2N6/c19-11-7-3-1-5-9(11)13-14(10-6-2-4-8-12(10)20)24-17-15(23-13)16(21)25-18(22)26-17/h1-8H,(H4,21,22,24,25,26). The van der Waals surface area contributed by atoms with Crippen molar-refractivity contribution in [1.82, 2.24) is 19.9 Å². The SMILES string of the molecule is Nc1nc(N)c2nc(-c3ccccc3Cl)c(-c3ccccc3Cl)nc2n1. The third kappa shape index (κ3) is 2.79. The molecular formula is C18H12Cl2N6. The molecule has 0 aliphatic heterocycles. The van der Waals surface area contributed by atoms with Gasteiger partial charge in [-0.1, -0.05) is 59.6 Å². The maximum Gasteiger partial charge on any atom is 0.224 e. The summed E-state index contributed by atoms with van der Waals surface area (Å²) in [6, 6.07) is 14.7. The number of nitrogens with two attached hydrogens (primary N) is 2. The molecule has 4 aromatic rings. The van der Waals surface area contributed by atoms with Gasteiger partial charge in [0.1, 0.15) is 5.69 Å². The molecule has 0 atom stereocenters. The van der Waals surface area contributed by atoms with Gasteiger partial charge in [0.05, 0.1) is 15.7 Å². The maximum atomic E-state index is 6.39. The van der Waals surface area contributed by atoms with E-state index in [1.54, 1.807) is 12.1 Å². The van der Waals surface area contributed by atoms with Crippen LogP contribution >= 0.6 is 23.2 Å². The number of nitrogen functional groups attached to an aromatic ring is 2. The zero-order chi connectivity index (χ0) is 18.3. The van der Waals surface area contributed by atoms with Gasteiger partial charge in [-0.25, -0.2) is 9.97 Å². The largest absolute Gasteiger partial charge is 0.382 e. The number of nitrogens with zero attached hydrogens (tertiary/aromatic N) is 4. The van der Waals surface area contributed by atoms with Crippen molar-refractivity contribution < 1.29 is 0 Å². The van der Waals surface area contributed by atoms with E-state index in [0.717, 1.165) is 0 Å². The predicted octanol–water partition coefficient (Wildman–Crippen LogP) is 4.23. The molecule has 128 valence electrons. The zero-order valence-electron chi connectivity index (χ0n) is 13.3. The highest BCUT2D eigenvalue weighted by Gasteiger charge is 2.19. The van der Waals surface area contributed by atoms with Crippen LogP contribution in [-0.2, 0) is 0 Å². The van der Waals surface area contributed by atoms with E-state index in [4.69, 9.17) is 34.7 Å². The van der Waals surface area contributed by atoms with Crippen LogP contribution in [0.1, 0.15) is 0 Å². The lowest BCUT2D eigenvalue weighted by atomic mass is 10.0. The Morgan fingerprint density at radius 2 is 1.19 bits per heavy atom. The quantitative estimate of drug-likeness (QED) is 0.537. The number of fused-ring (bicyclic) bond motifs is 1. The second-order valence-corrected chi connectivity index (χ2v) is 6.33. The molecule has 0 amide bonds. The molecular weight excluding hydrogens is 371 g/mol. The van der Waals surface area contributed by atoms with Crippen molar-refractivity contribution in [3.63, 3.8) is 0 Å². The number of hydrogen-bond donors (Lipinski definition) is 2. The lowest BCUT2D eigenvalue weighted by Gasteiger charge is -2.13. The molecule has 0 spiro atoms. The van der Waals surface area contributed by atoms with Crippen LogP contribution in [0.5, 0.6) is 0 Å². The molecule has 0 bridgehead atoms. The van der Waals surface area contributed by atoms with Gasteiger partial charge >= 0.3 is 0 Å². The van der Waals surface area contributed by atoms with E-state index in [-0.39, 0.29) is 11.8 Å². The van der Waals surface area contributed by atoms with E-state index in [1.807, 2.05) is 36.4 Å². The fraction of sp³-hybridized carbons (Fsp3) is 0. The third-order valence-corrected chi connectivity index (χ3v) is 4.49. The molecule has 0 aliphatic rings. The minimum atomic E-state index is 0.0277. The van der Waals surface area contributed by atoms with Crippen molar-refractivity contribution in [3.8, 4) is 22.5 Å². The highest BCUT2D eigenvalue weighted by molar-refractivity contribution is 6.34. The van der Waals surface area contributed by atoms with Gasteiger partial charge in [0.2, 0.25) is 5.95 Å². The Balaban J connectivity index is 2.13. The van der Waals surface area contributed by atoms with E-state index in [2.05, 4.69) is 19.9 Å². The number of halogens is 2. The Kier molecular flexibility index (Phi) is 4.06. The van der Waals surface area contributed by atoms with Crippen molar-refractivity contribution in [3.05, 3.63) is 58.6 Å². The number of hydrogen-bond acceptors (Lipinski definition) is 6. The van der Waals surface area contributed by atoms with Gasteiger partial charge < -0.3 is 11.5 Å². The summed E-state index contributed by atoms with van der Waals surface area (Å²) >= 11 is 12.8. The molecule has 6 nitrogen and oxygen atoms in total. The van der Waals surface area contributed by atoms with Crippen LogP contribution in [0.4, 0.5) is 11.8 Å². The van der Waals surface area contributed by atoms with E-state index in [1.165, 1.54) is 0 Å². The van der Waals surface area contributed by atoms with Gasteiger partial charge in [0, 0.05) is 11.1 Å². The van der Waals surface area contributed by atoms with Crippen LogP contribution in [0.15, 0.2) is 48.5 Å². The highest BCUT2D eigenvalue weighted by Crippen LogP contribution is 2.37. The molecule has 2 heterocycles. The number of benzene rings is 2. The summed E-state index contributed by atoms with van der Waals surface area (Å²) in [5.41, 5.74) is 14.8. The second kappa shape index (κ2) is 6.40. The van der Waals surface area contributed by atoms with Crippen LogP contribution in [-0.4, -0.2) is 19.9 Å². The summed E-state index contributed by atoms with van der Waals surface area (Å²) < 4.78 is 0. The molecule has 0 aliphatic carbocycles. The third-order valence-electron chi connectivity index (χ3n) is 3.83. The van der Waals surface area contributed by atoms with Crippen molar-refractivity contribution in [2.24, 2.45) is 0 Å². The van der Waals surface area contributed by atoms with E-state index < -0.39 is 0 Å². The summed E-state index contributed by atoms with van der Waals surface area (Å²) in [7, 11) is 0. The average Bonchev–Trinajstić information content (AvgIpc) is 2.62. The molecule has 0 fully saturated rings. The lowest BCUT2D eigenvalue weighted by molar-refractivity contribution is 1.17. The van der Waals surface area contributed by atoms with Gasteiger partial charge in [-0.05, 0) is 12.1 Å². The first-order valence-electron chi connectivity index (χ1n) is 7.65. The molecule has 2 aromatic carbocycles. The Morgan fingerprint density at radius 3 is 1.77 bits per heavy atom. The lowest BCUT2D eigenvalue weighted by Crippen LogP contribution is -2.05. The maximum absolute atomic E-state index is 6.39. The summed E-state index contributed by atoms with van der Waals surface area (Å²) in [6.45, 7) is 0. The van der Waals surface area contributed by atoms with Crippen LogP contribution in [0.25, 0.3) is 33.7 Å². The van der Waals surface area contributed by atoms with Crippen molar-refractivity contribution in [2.75, 3.05) is 11.5 Å². The molecule has 4 rings (SSSR count). The molecule has 4 N–H and O–H groups in total. The minimum absolute atomic E-state index is 0.0277. The van der Waals surface area contributed by atoms with E-state index >= 15 is 0 Å². The Bertz CT molecular complexity index is 1150. The Labute approximate surface area is 158 Å². The molecule has 0 radical (unpaired) electrons. The fourth-order valence-corrected chi connectivity index (χ4v) is 3.12. The molecule has 8 heteroatoms. The molecule has 2 aromatic heterocycles. The first-order chi connectivity index (χ1) is 12.5. The zero-order valence-corrected chi connectivity index (χ0v) is 14.8. The van der Waals surface area contributed by atoms with Crippen LogP contribution in [0, 0.1) is 0 Å². The van der Waals surface area contributed by atoms with E-state index in [9.17, 15) is 0 Å². The van der Waals surface area contributed by atoms with Crippen LogP contribution in [0.3, 0.4) is 0 Å². The molecule has 0 unspecified atom stereocenters. The summed E-state index contributed by atoms with van der Waals surface area (Å²) in [5, 5.41) is 1.06. The molecule has 0 saturated carbocycles. The van der Waals surface area contributed by atoms with Gasteiger partial charge in [0.15, 0.2) is 17.0 Å². The summed E-state index contributed by atoms with van der Waals surface area (Å²) in [4.78, 5) is 17.4.